The van der Waals surface area contributed by atoms with E-state index in [0.717, 1.165) is 25.9 Å². The minimum Gasteiger partial charge on any atom is -0.343 e. The third-order valence-electron chi connectivity index (χ3n) is 3.53. The van der Waals surface area contributed by atoms with Crippen LogP contribution < -0.4 is 0 Å². The molecule has 19 heavy (non-hydrogen) atoms. The minimum absolute atomic E-state index is 0.0190. The van der Waals surface area contributed by atoms with Gasteiger partial charge in [-0.1, -0.05) is 12.8 Å². The fourth-order valence-corrected chi connectivity index (χ4v) is 2.38. The standard InChI is InChI=1S/C15H20N2O2/c18-14(13-7-9-16-10-8-13)5-6-15(19)17-11-3-1-2-4-12-17/h7-10H,1-6,11-12H2. The summed E-state index contributed by atoms with van der Waals surface area (Å²) in [6.45, 7) is 1.70. The van der Waals surface area contributed by atoms with E-state index in [4.69, 9.17) is 0 Å². The van der Waals surface area contributed by atoms with E-state index in [1.807, 2.05) is 4.90 Å². The van der Waals surface area contributed by atoms with Crippen LogP contribution in [-0.2, 0) is 4.79 Å². The molecule has 1 aliphatic heterocycles. The summed E-state index contributed by atoms with van der Waals surface area (Å²) >= 11 is 0. The van der Waals surface area contributed by atoms with Gasteiger partial charge in [0.1, 0.15) is 0 Å². The summed E-state index contributed by atoms with van der Waals surface area (Å²) in [5.41, 5.74) is 0.638. The van der Waals surface area contributed by atoms with E-state index in [2.05, 4.69) is 4.98 Å². The van der Waals surface area contributed by atoms with Crippen LogP contribution in [0, 0.1) is 0 Å². The second kappa shape index (κ2) is 7.02. The molecule has 1 saturated heterocycles. The molecule has 0 bridgehead atoms. The van der Waals surface area contributed by atoms with Crippen LogP contribution >= 0.6 is 0 Å². The summed E-state index contributed by atoms with van der Waals surface area (Å²) < 4.78 is 0. The topological polar surface area (TPSA) is 50.3 Å². The molecule has 0 N–H and O–H groups in total. The minimum atomic E-state index is 0.0190. The maximum Gasteiger partial charge on any atom is 0.223 e. The molecule has 2 rings (SSSR count). The van der Waals surface area contributed by atoms with Crippen molar-refractivity contribution in [3.05, 3.63) is 30.1 Å². The predicted octanol–water partition coefficient (Wildman–Crippen LogP) is 2.45. The summed E-state index contributed by atoms with van der Waals surface area (Å²) in [4.78, 5) is 29.7. The molecule has 4 heteroatoms. The highest BCUT2D eigenvalue weighted by Crippen LogP contribution is 2.12. The van der Waals surface area contributed by atoms with E-state index >= 15 is 0 Å². The average molecular weight is 260 g/mol. The Balaban J connectivity index is 1.81. The molecule has 1 amide bonds. The van der Waals surface area contributed by atoms with Crippen LogP contribution in [0.2, 0.25) is 0 Å². The van der Waals surface area contributed by atoms with Crippen LogP contribution in [0.15, 0.2) is 24.5 Å². The SMILES string of the molecule is O=C(CCC(=O)N1CCCCCC1)c1ccncc1. The third-order valence-corrected chi connectivity index (χ3v) is 3.53. The van der Waals surface area contributed by atoms with Crippen molar-refractivity contribution in [2.24, 2.45) is 0 Å². The van der Waals surface area contributed by atoms with Gasteiger partial charge in [0.25, 0.3) is 0 Å². The molecule has 0 spiro atoms. The lowest BCUT2D eigenvalue weighted by Gasteiger charge is -2.19. The number of hydrogen-bond acceptors (Lipinski definition) is 3. The van der Waals surface area contributed by atoms with Gasteiger partial charge in [0.2, 0.25) is 5.91 Å². The van der Waals surface area contributed by atoms with Gasteiger partial charge in [-0.25, -0.2) is 0 Å². The Morgan fingerprint density at radius 1 is 1.00 bits per heavy atom. The van der Waals surface area contributed by atoms with E-state index in [9.17, 15) is 9.59 Å². The number of pyridine rings is 1. The van der Waals surface area contributed by atoms with E-state index in [-0.39, 0.29) is 11.7 Å². The highest BCUT2D eigenvalue weighted by molar-refractivity contribution is 5.97. The number of nitrogens with zero attached hydrogens (tertiary/aromatic N) is 2. The Kier molecular flexibility index (Phi) is 5.07. The van der Waals surface area contributed by atoms with Gasteiger partial charge in [0, 0.05) is 43.9 Å². The van der Waals surface area contributed by atoms with Gasteiger partial charge < -0.3 is 4.90 Å². The number of amides is 1. The first-order chi connectivity index (χ1) is 9.27. The highest BCUT2D eigenvalue weighted by Gasteiger charge is 2.16. The zero-order valence-electron chi connectivity index (χ0n) is 11.2. The molecular formula is C15H20N2O2. The second-order valence-electron chi connectivity index (χ2n) is 4.95. The van der Waals surface area contributed by atoms with Gasteiger partial charge >= 0.3 is 0 Å². The van der Waals surface area contributed by atoms with Crippen LogP contribution in [0.5, 0.6) is 0 Å². The van der Waals surface area contributed by atoms with Crippen LogP contribution in [0.1, 0.15) is 48.9 Å². The lowest BCUT2D eigenvalue weighted by Crippen LogP contribution is -2.32. The number of carbonyl (C=O) groups is 2. The van der Waals surface area contributed by atoms with E-state index in [0.29, 0.717) is 18.4 Å². The Bertz CT molecular complexity index is 423. The second-order valence-corrected chi connectivity index (χ2v) is 4.95. The Morgan fingerprint density at radius 3 is 2.26 bits per heavy atom. The third kappa shape index (κ3) is 4.16. The number of likely N-dealkylation sites (tertiary alicyclic amines) is 1. The first-order valence-corrected chi connectivity index (χ1v) is 6.98. The zero-order chi connectivity index (χ0) is 13.5. The number of Topliss-reactive ketones (excluding diaryl/α,β-unsaturated/α-hetero) is 1. The van der Waals surface area contributed by atoms with Crippen molar-refractivity contribution < 1.29 is 9.59 Å². The van der Waals surface area contributed by atoms with Crippen molar-refractivity contribution in [1.82, 2.24) is 9.88 Å². The van der Waals surface area contributed by atoms with Gasteiger partial charge in [-0.2, -0.15) is 0 Å². The zero-order valence-corrected chi connectivity index (χ0v) is 11.2. The molecule has 2 heterocycles. The normalized spacial score (nSPS) is 15.9. The molecule has 1 aliphatic rings. The molecule has 1 aromatic rings. The molecule has 0 atom stereocenters. The van der Waals surface area contributed by atoms with Gasteiger partial charge in [-0.3, -0.25) is 14.6 Å². The highest BCUT2D eigenvalue weighted by atomic mass is 16.2. The summed E-state index contributed by atoms with van der Waals surface area (Å²) in [5.74, 6) is 0.134. The predicted molar refractivity (Wildman–Crippen MR) is 72.8 cm³/mol. The van der Waals surface area contributed by atoms with E-state index in [1.165, 1.54) is 12.8 Å². The van der Waals surface area contributed by atoms with E-state index in [1.54, 1.807) is 24.5 Å². The summed E-state index contributed by atoms with van der Waals surface area (Å²) in [6, 6.07) is 3.39. The van der Waals surface area contributed by atoms with Crippen LogP contribution in [-0.4, -0.2) is 34.7 Å². The van der Waals surface area contributed by atoms with Crippen molar-refractivity contribution >= 4 is 11.7 Å². The number of hydrogen-bond donors (Lipinski definition) is 0. The molecule has 1 aromatic heterocycles. The monoisotopic (exact) mass is 260 g/mol. The molecule has 0 unspecified atom stereocenters. The largest absolute Gasteiger partial charge is 0.343 e. The Labute approximate surface area is 113 Å². The lowest BCUT2D eigenvalue weighted by molar-refractivity contribution is -0.131. The van der Waals surface area contributed by atoms with Crippen molar-refractivity contribution in [3.8, 4) is 0 Å². The fourth-order valence-electron chi connectivity index (χ4n) is 2.38. The molecule has 0 aliphatic carbocycles. The molecule has 102 valence electrons. The number of aromatic nitrogens is 1. The van der Waals surface area contributed by atoms with Crippen molar-refractivity contribution in [2.45, 2.75) is 38.5 Å². The van der Waals surface area contributed by atoms with Crippen LogP contribution in [0.4, 0.5) is 0 Å². The average Bonchev–Trinajstić information content (AvgIpc) is 2.74. The lowest BCUT2D eigenvalue weighted by atomic mass is 10.1. The Hall–Kier alpha value is -1.71. The molecule has 0 saturated carbocycles. The summed E-state index contributed by atoms with van der Waals surface area (Å²) in [6.07, 6.45) is 8.40. The first kappa shape index (κ1) is 13.7. The van der Waals surface area contributed by atoms with Gasteiger partial charge in [-0.05, 0) is 25.0 Å². The molecule has 4 nitrogen and oxygen atoms in total. The van der Waals surface area contributed by atoms with Crippen molar-refractivity contribution in [2.75, 3.05) is 13.1 Å². The smallest absolute Gasteiger partial charge is 0.223 e. The maximum absolute atomic E-state index is 12.0. The molecule has 0 radical (unpaired) electrons. The first-order valence-electron chi connectivity index (χ1n) is 6.98. The number of carbonyl (C=O) groups excluding carboxylic acids is 2. The molecular weight excluding hydrogens is 240 g/mol. The quantitative estimate of drug-likeness (QED) is 0.781. The van der Waals surface area contributed by atoms with Gasteiger partial charge in [-0.15, -0.1) is 0 Å². The summed E-state index contributed by atoms with van der Waals surface area (Å²) in [5, 5.41) is 0. The summed E-state index contributed by atoms with van der Waals surface area (Å²) in [7, 11) is 0. The maximum atomic E-state index is 12.0. The number of rotatable bonds is 4. The number of ketones is 1. The van der Waals surface area contributed by atoms with Crippen molar-refractivity contribution in [3.63, 3.8) is 0 Å². The van der Waals surface area contributed by atoms with Crippen molar-refractivity contribution in [1.29, 1.82) is 0 Å². The van der Waals surface area contributed by atoms with Gasteiger partial charge in [0.15, 0.2) is 5.78 Å². The molecule has 0 aromatic carbocycles. The van der Waals surface area contributed by atoms with Crippen LogP contribution in [0.3, 0.4) is 0 Å². The fraction of sp³-hybridized carbons (Fsp3) is 0.533. The molecule has 1 fully saturated rings. The van der Waals surface area contributed by atoms with Crippen LogP contribution in [0.25, 0.3) is 0 Å². The van der Waals surface area contributed by atoms with E-state index < -0.39 is 0 Å². The van der Waals surface area contributed by atoms with Gasteiger partial charge in [0.05, 0.1) is 0 Å². The Morgan fingerprint density at radius 2 is 1.63 bits per heavy atom.